The third-order valence-electron chi connectivity index (χ3n) is 4.66. The first-order valence-electron chi connectivity index (χ1n) is 9.51. The Morgan fingerprint density at radius 1 is 0.903 bits per heavy atom. The van der Waals surface area contributed by atoms with Gasteiger partial charge in [0.2, 0.25) is 0 Å². The van der Waals surface area contributed by atoms with Crippen LogP contribution in [0.15, 0.2) is 71.6 Å². The molecule has 3 aromatic rings. The summed E-state index contributed by atoms with van der Waals surface area (Å²) in [7, 11) is -0.573. The van der Waals surface area contributed by atoms with Gasteiger partial charge in [-0.1, -0.05) is 17.7 Å². The van der Waals surface area contributed by atoms with Crippen molar-refractivity contribution in [3.05, 3.63) is 83.4 Å². The highest BCUT2D eigenvalue weighted by atomic mass is 32.2. The fourth-order valence-corrected chi connectivity index (χ4v) is 3.98. The second-order valence-electron chi connectivity index (χ2n) is 6.86. The number of ether oxygens (including phenoxy) is 2. The highest BCUT2D eigenvalue weighted by Crippen LogP contribution is 2.24. The van der Waals surface area contributed by atoms with Crippen LogP contribution in [0.3, 0.4) is 0 Å². The first-order valence-corrected chi connectivity index (χ1v) is 11.0. The SMILES string of the molecule is COc1ccc(OC)c(CNC(=O)c2ccc(NS(=O)(=O)c3ccc(C)cc3)cc2)c1. The molecule has 0 aliphatic heterocycles. The summed E-state index contributed by atoms with van der Waals surface area (Å²) in [4.78, 5) is 12.7. The smallest absolute Gasteiger partial charge is 0.261 e. The molecule has 0 fully saturated rings. The van der Waals surface area contributed by atoms with E-state index in [2.05, 4.69) is 10.0 Å². The average molecular weight is 441 g/mol. The number of rotatable bonds is 8. The number of benzene rings is 3. The van der Waals surface area contributed by atoms with Crippen molar-refractivity contribution in [1.82, 2.24) is 5.32 Å². The molecule has 0 atom stereocenters. The van der Waals surface area contributed by atoms with Crippen molar-refractivity contribution in [3.63, 3.8) is 0 Å². The van der Waals surface area contributed by atoms with E-state index in [-0.39, 0.29) is 17.3 Å². The number of carbonyl (C=O) groups is 1. The van der Waals surface area contributed by atoms with Gasteiger partial charge in [0, 0.05) is 23.4 Å². The van der Waals surface area contributed by atoms with Crippen LogP contribution in [0.25, 0.3) is 0 Å². The predicted octanol–water partition coefficient (Wildman–Crippen LogP) is 3.74. The van der Waals surface area contributed by atoms with Crippen LogP contribution >= 0.6 is 0 Å². The standard InChI is InChI=1S/C23H24N2O5S/c1-16-4-11-21(12-5-16)31(27,28)25-19-8-6-17(7-9-19)23(26)24-15-18-14-20(29-2)10-13-22(18)30-3/h4-14,25H,15H2,1-3H3,(H,24,26). The van der Waals surface area contributed by atoms with Crippen molar-refractivity contribution in [3.8, 4) is 11.5 Å². The van der Waals surface area contributed by atoms with Crippen molar-refractivity contribution >= 4 is 21.6 Å². The molecule has 7 nitrogen and oxygen atoms in total. The molecule has 0 unspecified atom stereocenters. The largest absolute Gasteiger partial charge is 0.497 e. The molecule has 0 aliphatic carbocycles. The molecule has 8 heteroatoms. The van der Waals surface area contributed by atoms with Crippen molar-refractivity contribution in [2.45, 2.75) is 18.4 Å². The van der Waals surface area contributed by atoms with Gasteiger partial charge in [-0.05, 0) is 61.5 Å². The van der Waals surface area contributed by atoms with E-state index in [9.17, 15) is 13.2 Å². The van der Waals surface area contributed by atoms with Crippen LogP contribution in [-0.2, 0) is 16.6 Å². The highest BCUT2D eigenvalue weighted by Gasteiger charge is 2.14. The van der Waals surface area contributed by atoms with Crippen LogP contribution in [-0.4, -0.2) is 28.5 Å². The third-order valence-corrected chi connectivity index (χ3v) is 6.05. The number of aryl methyl sites for hydroxylation is 1. The molecular weight excluding hydrogens is 416 g/mol. The lowest BCUT2D eigenvalue weighted by Crippen LogP contribution is -2.23. The minimum Gasteiger partial charge on any atom is -0.497 e. The zero-order valence-electron chi connectivity index (χ0n) is 17.5. The fourth-order valence-electron chi connectivity index (χ4n) is 2.92. The van der Waals surface area contributed by atoms with Crippen LogP contribution in [0.4, 0.5) is 5.69 Å². The summed E-state index contributed by atoms with van der Waals surface area (Å²) < 4.78 is 38.0. The third kappa shape index (κ3) is 5.55. The summed E-state index contributed by atoms with van der Waals surface area (Å²) >= 11 is 0. The van der Waals surface area contributed by atoms with Gasteiger partial charge < -0.3 is 14.8 Å². The molecule has 0 heterocycles. The monoisotopic (exact) mass is 440 g/mol. The molecule has 2 N–H and O–H groups in total. The molecule has 1 amide bonds. The number of anilines is 1. The molecule has 0 radical (unpaired) electrons. The number of hydrogen-bond acceptors (Lipinski definition) is 5. The lowest BCUT2D eigenvalue weighted by Gasteiger charge is -2.12. The first kappa shape index (κ1) is 22.2. The Hall–Kier alpha value is -3.52. The normalized spacial score (nSPS) is 10.9. The zero-order chi connectivity index (χ0) is 22.4. The van der Waals surface area contributed by atoms with Gasteiger partial charge in [0.25, 0.3) is 15.9 Å². The Bertz CT molecular complexity index is 1160. The number of methoxy groups -OCH3 is 2. The van der Waals surface area contributed by atoms with E-state index in [1.165, 1.54) is 0 Å². The second-order valence-corrected chi connectivity index (χ2v) is 8.54. The van der Waals surface area contributed by atoms with Gasteiger partial charge in [0.05, 0.1) is 19.1 Å². The Balaban J connectivity index is 1.66. The molecular formula is C23H24N2O5S. The fraction of sp³-hybridized carbons (Fsp3) is 0.174. The van der Waals surface area contributed by atoms with Gasteiger partial charge in [-0.3, -0.25) is 9.52 Å². The van der Waals surface area contributed by atoms with Gasteiger partial charge in [-0.2, -0.15) is 0 Å². The summed E-state index contributed by atoms with van der Waals surface area (Å²) in [6.07, 6.45) is 0. The molecule has 0 spiro atoms. The van der Waals surface area contributed by atoms with Gasteiger partial charge in [0.1, 0.15) is 11.5 Å². The Morgan fingerprint density at radius 3 is 2.19 bits per heavy atom. The van der Waals surface area contributed by atoms with E-state index in [4.69, 9.17) is 9.47 Å². The highest BCUT2D eigenvalue weighted by molar-refractivity contribution is 7.92. The Kier molecular flexibility index (Phi) is 6.81. The van der Waals surface area contributed by atoms with Crippen LogP contribution in [0, 0.1) is 6.92 Å². The zero-order valence-corrected chi connectivity index (χ0v) is 18.3. The van der Waals surface area contributed by atoms with Crippen LogP contribution < -0.4 is 19.5 Å². The summed E-state index contributed by atoms with van der Waals surface area (Å²) in [6, 6.07) is 18.1. The van der Waals surface area contributed by atoms with Crippen molar-refractivity contribution in [2.24, 2.45) is 0 Å². The number of amides is 1. The molecule has 3 aromatic carbocycles. The van der Waals surface area contributed by atoms with Gasteiger partial charge in [-0.25, -0.2) is 8.42 Å². The maximum absolute atomic E-state index is 12.5. The maximum atomic E-state index is 12.5. The molecule has 0 saturated heterocycles. The van der Waals surface area contributed by atoms with E-state index in [0.29, 0.717) is 22.7 Å². The molecule has 0 saturated carbocycles. The number of sulfonamides is 1. The molecule has 31 heavy (non-hydrogen) atoms. The lowest BCUT2D eigenvalue weighted by atomic mass is 10.1. The quantitative estimate of drug-likeness (QED) is 0.557. The van der Waals surface area contributed by atoms with Crippen LogP contribution in [0.2, 0.25) is 0 Å². The molecule has 162 valence electrons. The minimum absolute atomic E-state index is 0.173. The number of carbonyl (C=O) groups excluding carboxylic acids is 1. The average Bonchev–Trinajstić information content (AvgIpc) is 2.77. The Morgan fingerprint density at radius 2 is 1.58 bits per heavy atom. The summed E-state index contributed by atoms with van der Waals surface area (Å²) in [5.74, 6) is 1.01. The van der Waals surface area contributed by atoms with Crippen LogP contribution in [0.1, 0.15) is 21.5 Å². The summed E-state index contributed by atoms with van der Waals surface area (Å²) in [5.41, 5.74) is 2.52. The van der Waals surface area contributed by atoms with E-state index in [1.807, 2.05) is 6.92 Å². The summed E-state index contributed by atoms with van der Waals surface area (Å²) in [5, 5.41) is 2.83. The molecule has 0 bridgehead atoms. The van der Waals surface area contributed by atoms with Gasteiger partial charge in [-0.15, -0.1) is 0 Å². The topological polar surface area (TPSA) is 93.7 Å². The van der Waals surface area contributed by atoms with Crippen molar-refractivity contribution in [1.29, 1.82) is 0 Å². The van der Waals surface area contributed by atoms with Gasteiger partial charge >= 0.3 is 0 Å². The van der Waals surface area contributed by atoms with E-state index >= 15 is 0 Å². The maximum Gasteiger partial charge on any atom is 0.261 e. The predicted molar refractivity (Wildman–Crippen MR) is 119 cm³/mol. The van der Waals surface area contributed by atoms with E-state index in [0.717, 1.165) is 11.1 Å². The molecule has 0 aliphatic rings. The molecule has 0 aromatic heterocycles. The van der Waals surface area contributed by atoms with E-state index in [1.54, 1.807) is 80.9 Å². The van der Waals surface area contributed by atoms with Crippen molar-refractivity contribution in [2.75, 3.05) is 18.9 Å². The van der Waals surface area contributed by atoms with Crippen LogP contribution in [0.5, 0.6) is 11.5 Å². The lowest BCUT2D eigenvalue weighted by molar-refractivity contribution is 0.0950. The summed E-state index contributed by atoms with van der Waals surface area (Å²) in [6.45, 7) is 2.14. The molecule has 3 rings (SSSR count). The number of nitrogens with one attached hydrogen (secondary N) is 2. The minimum atomic E-state index is -3.70. The van der Waals surface area contributed by atoms with Crippen molar-refractivity contribution < 1.29 is 22.7 Å². The first-order chi connectivity index (χ1) is 14.8. The van der Waals surface area contributed by atoms with Gasteiger partial charge in [0.15, 0.2) is 0 Å². The second kappa shape index (κ2) is 9.53. The Labute approximate surface area is 182 Å². The number of hydrogen-bond donors (Lipinski definition) is 2. The van der Waals surface area contributed by atoms with E-state index < -0.39 is 10.0 Å².